The van der Waals surface area contributed by atoms with Crippen molar-refractivity contribution in [2.75, 3.05) is 11.6 Å². The molecule has 27 heavy (non-hydrogen) atoms. The highest BCUT2D eigenvalue weighted by Crippen LogP contribution is 2.40. The van der Waals surface area contributed by atoms with Gasteiger partial charge in [-0.1, -0.05) is 37.3 Å². The molecule has 0 bridgehead atoms. The number of sulfone groups is 1. The zero-order valence-corrected chi connectivity index (χ0v) is 17.2. The van der Waals surface area contributed by atoms with Crippen LogP contribution in [0.5, 0.6) is 0 Å². The summed E-state index contributed by atoms with van der Waals surface area (Å²) in [7, 11) is -3.51. The second-order valence-corrected chi connectivity index (χ2v) is 10.7. The predicted octanol–water partition coefficient (Wildman–Crippen LogP) is 3.48. The molecular formula is C20H23NO4S2. The SMILES string of the molecule is CC1CCc2c(sc(NC(=O)C(C)S(C)(=O)=O)c2C(=O)c2ccccc2)C1. The first-order valence-corrected chi connectivity index (χ1v) is 11.7. The molecule has 2 unspecified atom stereocenters. The summed E-state index contributed by atoms with van der Waals surface area (Å²) in [5, 5.41) is 2.01. The zero-order valence-electron chi connectivity index (χ0n) is 15.6. The fourth-order valence-electron chi connectivity index (χ4n) is 3.22. The summed E-state index contributed by atoms with van der Waals surface area (Å²) in [4.78, 5) is 26.7. The Hall–Kier alpha value is -1.99. The van der Waals surface area contributed by atoms with Gasteiger partial charge in [0, 0.05) is 16.7 Å². The highest BCUT2D eigenvalue weighted by molar-refractivity contribution is 7.92. The Morgan fingerprint density at radius 1 is 1.22 bits per heavy atom. The third-order valence-corrected chi connectivity index (χ3v) is 7.69. The van der Waals surface area contributed by atoms with E-state index in [2.05, 4.69) is 12.2 Å². The van der Waals surface area contributed by atoms with E-state index in [1.54, 1.807) is 24.3 Å². The van der Waals surface area contributed by atoms with E-state index >= 15 is 0 Å². The molecule has 0 spiro atoms. The van der Waals surface area contributed by atoms with E-state index in [1.165, 1.54) is 18.3 Å². The largest absolute Gasteiger partial charge is 0.316 e. The number of fused-ring (bicyclic) bond motifs is 1. The van der Waals surface area contributed by atoms with E-state index < -0.39 is 21.0 Å². The van der Waals surface area contributed by atoms with Gasteiger partial charge in [0.25, 0.3) is 0 Å². The van der Waals surface area contributed by atoms with Crippen molar-refractivity contribution in [3.8, 4) is 0 Å². The van der Waals surface area contributed by atoms with Crippen molar-refractivity contribution < 1.29 is 18.0 Å². The second-order valence-electron chi connectivity index (χ2n) is 7.21. The third-order valence-electron chi connectivity index (χ3n) is 5.02. The number of hydrogen-bond donors (Lipinski definition) is 1. The van der Waals surface area contributed by atoms with Gasteiger partial charge in [0.05, 0.1) is 5.56 Å². The van der Waals surface area contributed by atoms with E-state index in [9.17, 15) is 18.0 Å². The van der Waals surface area contributed by atoms with E-state index in [1.807, 2.05) is 6.07 Å². The van der Waals surface area contributed by atoms with Gasteiger partial charge in [-0.25, -0.2) is 8.42 Å². The van der Waals surface area contributed by atoms with Crippen molar-refractivity contribution in [1.82, 2.24) is 0 Å². The maximum absolute atomic E-state index is 13.2. The fourth-order valence-corrected chi connectivity index (χ4v) is 5.08. The minimum absolute atomic E-state index is 0.134. The van der Waals surface area contributed by atoms with E-state index in [0.717, 1.165) is 36.0 Å². The van der Waals surface area contributed by atoms with E-state index in [4.69, 9.17) is 0 Å². The maximum Gasteiger partial charge on any atom is 0.243 e. The summed E-state index contributed by atoms with van der Waals surface area (Å²) in [5.41, 5.74) is 2.07. The molecule has 1 aromatic heterocycles. The number of rotatable bonds is 5. The molecule has 3 rings (SSSR count). The van der Waals surface area contributed by atoms with Gasteiger partial charge in [-0.15, -0.1) is 11.3 Å². The van der Waals surface area contributed by atoms with Crippen molar-refractivity contribution >= 4 is 37.9 Å². The average molecular weight is 406 g/mol. The summed E-state index contributed by atoms with van der Waals surface area (Å²) in [5.74, 6) is -0.217. The van der Waals surface area contributed by atoms with E-state index in [-0.39, 0.29) is 5.78 Å². The topological polar surface area (TPSA) is 80.3 Å². The van der Waals surface area contributed by atoms with Crippen molar-refractivity contribution in [1.29, 1.82) is 0 Å². The average Bonchev–Trinajstić information content (AvgIpc) is 2.97. The highest BCUT2D eigenvalue weighted by atomic mass is 32.2. The smallest absolute Gasteiger partial charge is 0.243 e. The maximum atomic E-state index is 13.2. The van der Waals surface area contributed by atoms with Gasteiger partial charge in [-0.2, -0.15) is 0 Å². The summed E-state index contributed by atoms with van der Waals surface area (Å²) >= 11 is 1.40. The minimum Gasteiger partial charge on any atom is -0.316 e. The lowest BCUT2D eigenvalue weighted by molar-refractivity contribution is -0.115. The third kappa shape index (κ3) is 4.14. The molecule has 1 N–H and O–H groups in total. The van der Waals surface area contributed by atoms with Crippen molar-refractivity contribution in [3.63, 3.8) is 0 Å². The Balaban J connectivity index is 2.03. The number of ketones is 1. The Labute approximate surface area is 163 Å². The van der Waals surface area contributed by atoms with Gasteiger partial charge < -0.3 is 5.32 Å². The second kappa shape index (κ2) is 7.56. The number of amides is 1. The minimum atomic E-state index is -3.51. The molecule has 7 heteroatoms. The first-order chi connectivity index (χ1) is 12.7. The quantitative estimate of drug-likeness (QED) is 0.773. The molecule has 1 amide bonds. The van der Waals surface area contributed by atoms with Crippen LogP contribution in [0.3, 0.4) is 0 Å². The Kier molecular flexibility index (Phi) is 5.53. The lowest BCUT2D eigenvalue weighted by Crippen LogP contribution is -2.32. The Bertz CT molecular complexity index is 977. The number of nitrogens with one attached hydrogen (secondary N) is 1. The normalized spacial score (nSPS) is 17.8. The van der Waals surface area contributed by atoms with Gasteiger partial charge in [-0.3, -0.25) is 9.59 Å². The van der Waals surface area contributed by atoms with Gasteiger partial charge in [-0.05, 0) is 37.7 Å². The molecule has 0 aliphatic heterocycles. The van der Waals surface area contributed by atoms with Crippen LogP contribution in [0.15, 0.2) is 30.3 Å². The molecule has 0 fully saturated rings. The van der Waals surface area contributed by atoms with Gasteiger partial charge in [0.15, 0.2) is 15.6 Å². The van der Waals surface area contributed by atoms with Crippen LogP contribution in [0, 0.1) is 5.92 Å². The molecule has 0 saturated carbocycles. The number of benzene rings is 1. The van der Waals surface area contributed by atoms with Crippen LogP contribution in [0.1, 0.15) is 46.6 Å². The molecule has 1 aromatic carbocycles. The Morgan fingerprint density at radius 2 is 1.89 bits per heavy atom. The van der Waals surface area contributed by atoms with Crippen LogP contribution in [-0.2, 0) is 27.5 Å². The van der Waals surface area contributed by atoms with Gasteiger partial charge in [0.2, 0.25) is 5.91 Å². The fraction of sp³-hybridized carbons (Fsp3) is 0.400. The van der Waals surface area contributed by atoms with Crippen LogP contribution < -0.4 is 5.32 Å². The highest BCUT2D eigenvalue weighted by Gasteiger charge is 2.31. The van der Waals surface area contributed by atoms with Gasteiger partial charge >= 0.3 is 0 Å². The molecule has 2 atom stereocenters. The van der Waals surface area contributed by atoms with Crippen molar-refractivity contribution in [2.45, 2.75) is 38.4 Å². The Morgan fingerprint density at radius 3 is 2.52 bits per heavy atom. The zero-order chi connectivity index (χ0) is 19.8. The monoisotopic (exact) mass is 405 g/mol. The van der Waals surface area contributed by atoms with Gasteiger partial charge in [0.1, 0.15) is 10.3 Å². The van der Waals surface area contributed by atoms with Crippen LogP contribution in [0.25, 0.3) is 0 Å². The summed E-state index contributed by atoms with van der Waals surface area (Å²) in [6.45, 7) is 3.53. The molecule has 1 aliphatic rings. The lowest BCUT2D eigenvalue weighted by atomic mass is 9.86. The molecular weight excluding hydrogens is 382 g/mol. The molecule has 144 valence electrons. The first kappa shape index (κ1) is 19.8. The number of thiophene rings is 1. The summed E-state index contributed by atoms with van der Waals surface area (Å²) < 4.78 is 23.4. The standard InChI is InChI=1S/C20H23NO4S2/c1-12-9-10-15-16(11-12)26-20(21-19(23)13(2)27(3,24)25)17(15)18(22)14-7-5-4-6-8-14/h4-8,12-13H,9-11H2,1-3H3,(H,21,23). The number of hydrogen-bond acceptors (Lipinski definition) is 5. The summed E-state index contributed by atoms with van der Waals surface area (Å²) in [6, 6.07) is 8.96. The van der Waals surface area contributed by atoms with Crippen LogP contribution in [0.4, 0.5) is 5.00 Å². The van der Waals surface area contributed by atoms with E-state index in [0.29, 0.717) is 22.0 Å². The number of carbonyl (C=O) groups excluding carboxylic acids is 2. The predicted molar refractivity (Wildman–Crippen MR) is 108 cm³/mol. The molecule has 5 nitrogen and oxygen atoms in total. The molecule has 0 saturated heterocycles. The molecule has 1 aliphatic carbocycles. The molecule has 1 heterocycles. The molecule has 0 radical (unpaired) electrons. The lowest BCUT2D eigenvalue weighted by Gasteiger charge is -2.18. The number of carbonyl (C=O) groups is 2. The van der Waals surface area contributed by atoms with Crippen LogP contribution in [0.2, 0.25) is 0 Å². The number of anilines is 1. The molecule has 2 aromatic rings. The van der Waals surface area contributed by atoms with Crippen molar-refractivity contribution in [3.05, 3.63) is 51.9 Å². The van der Waals surface area contributed by atoms with Crippen LogP contribution >= 0.6 is 11.3 Å². The van der Waals surface area contributed by atoms with Crippen LogP contribution in [-0.4, -0.2) is 31.6 Å². The van der Waals surface area contributed by atoms with Crippen molar-refractivity contribution in [2.24, 2.45) is 5.92 Å². The first-order valence-electron chi connectivity index (χ1n) is 8.92. The summed E-state index contributed by atoms with van der Waals surface area (Å²) in [6.07, 6.45) is 3.69.